The van der Waals surface area contributed by atoms with E-state index in [1.54, 1.807) is 13.8 Å². The molecule has 0 aromatic rings. The Morgan fingerprint density at radius 3 is 2.30 bits per heavy atom. The van der Waals surface area contributed by atoms with Crippen LogP contribution in [0.15, 0.2) is 0 Å². The van der Waals surface area contributed by atoms with Gasteiger partial charge in [-0.15, -0.1) is 11.8 Å². The summed E-state index contributed by atoms with van der Waals surface area (Å²) < 4.78 is 9.78. The lowest BCUT2D eigenvalue weighted by atomic mass is 10.2. The molecule has 7 nitrogen and oxygen atoms in total. The zero-order valence-corrected chi connectivity index (χ0v) is 14.6. The molecule has 1 aliphatic rings. The molecule has 8 heteroatoms. The van der Waals surface area contributed by atoms with Crippen molar-refractivity contribution in [2.45, 2.75) is 63.2 Å². The van der Waals surface area contributed by atoms with Crippen LogP contribution in [0.1, 0.15) is 46.5 Å². The summed E-state index contributed by atoms with van der Waals surface area (Å²) in [7, 11) is 0. The van der Waals surface area contributed by atoms with Crippen molar-refractivity contribution in [1.82, 2.24) is 5.32 Å². The third-order valence-electron chi connectivity index (χ3n) is 3.39. The molecule has 0 unspecified atom stereocenters. The molecular weight excluding hydrogens is 322 g/mol. The Hall–Kier alpha value is -1.44. The molecule has 0 radical (unpaired) electrons. The van der Waals surface area contributed by atoms with Crippen molar-refractivity contribution in [3.05, 3.63) is 0 Å². The van der Waals surface area contributed by atoms with Crippen LogP contribution in [0.2, 0.25) is 0 Å². The first-order valence-electron chi connectivity index (χ1n) is 7.82. The maximum absolute atomic E-state index is 11.6. The van der Waals surface area contributed by atoms with Crippen LogP contribution < -0.4 is 5.32 Å². The van der Waals surface area contributed by atoms with Crippen molar-refractivity contribution in [2.24, 2.45) is 5.92 Å². The lowest BCUT2D eigenvalue weighted by molar-refractivity contribution is -0.168. The Bertz CT molecular complexity index is 422. The lowest BCUT2D eigenvalue weighted by Gasteiger charge is -2.19. The molecule has 0 saturated heterocycles. The Kier molecular flexibility index (Phi) is 8.22. The monoisotopic (exact) mass is 347 g/mol. The van der Waals surface area contributed by atoms with Gasteiger partial charge in [0.1, 0.15) is 5.25 Å². The largest absolute Gasteiger partial charge is 0.480 e. The molecule has 0 heterocycles. The number of alkyl carbamates (subject to hydrolysis) is 1. The number of amides is 1. The molecule has 23 heavy (non-hydrogen) atoms. The third kappa shape index (κ3) is 7.58. The van der Waals surface area contributed by atoms with Gasteiger partial charge in [0, 0.05) is 18.7 Å². The van der Waals surface area contributed by atoms with Crippen LogP contribution in [-0.4, -0.2) is 46.5 Å². The van der Waals surface area contributed by atoms with Gasteiger partial charge in [-0.1, -0.05) is 26.7 Å². The molecular formula is C15H25NO6S. The molecule has 0 aliphatic heterocycles. The number of rotatable bonds is 8. The second-order valence-corrected chi connectivity index (χ2v) is 7.32. The summed E-state index contributed by atoms with van der Waals surface area (Å²) in [5.74, 6) is -1.74. The number of hydrogen-bond donors (Lipinski definition) is 2. The zero-order chi connectivity index (χ0) is 17.4. The highest BCUT2D eigenvalue weighted by atomic mass is 32.2. The van der Waals surface area contributed by atoms with Gasteiger partial charge in [-0.2, -0.15) is 0 Å². The highest BCUT2D eigenvalue weighted by molar-refractivity contribution is 8.01. The molecule has 132 valence electrons. The van der Waals surface area contributed by atoms with Crippen molar-refractivity contribution in [1.29, 1.82) is 0 Å². The fourth-order valence-electron chi connectivity index (χ4n) is 2.14. The van der Waals surface area contributed by atoms with E-state index in [1.807, 2.05) is 0 Å². The highest BCUT2D eigenvalue weighted by Crippen LogP contribution is 2.32. The average molecular weight is 347 g/mol. The van der Waals surface area contributed by atoms with Crippen molar-refractivity contribution >= 4 is 29.8 Å². The SMILES string of the molecule is CC(C)C(=O)O[C@@H](C)OC(=O)NC[C@H](SC1CCCC1)C(=O)O. The standard InChI is InChI=1S/C15H25NO6S/c1-9(2)14(19)21-10(3)22-15(20)16-8-12(13(17)18)23-11-6-4-5-7-11/h9-12H,4-8H2,1-3H3,(H,16,20)(H,17,18)/t10-,12+/m1/s1. The summed E-state index contributed by atoms with van der Waals surface area (Å²) in [5, 5.41) is 11.3. The molecule has 1 aliphatic carbocycles. The summed E-state index contributed by atoms with van der Waals surface area (Å²) in [5.41, 5.74) is 0. The van der Waals surface area contributed by atoms with E-state index in [-0.39, 0.29) is 12.5 Å². The minimum atomic E-state index is -1.02. The van der Waals surface area contributed by atoms with Gasteiger partial charge < -0.3 is 19.9 Å². The predicted octanol–water partition coefficient (Wildman–Crippen LogP) is 2.39. The molecule has 0 spiro atoms. The summed E-state index contributed by atoms with van der Waals surface area (Å²) >= 11 is 1.38. The van der Waals surface area contributed by atoms with Gasteiger partial charge in [-0.3, -0.25) is 9.59 Å². The first-order valence-corrected chi connectivity index (χ1v) is 8.77. The average Bonchev–Trinajstić information content (AvgIpc) is 2.95. The number of carbonyl (C=O) groups excluding carboxylic acids is 2. The number of carboxylic acid groups (broad SMARTS) is 1. The number of nitrogens with one attached hydrogen (secondary N) is 1. The summed E-state index contributed by atoms with van der Waals surface area (Å²) in [6, 6.07) is 0. The van der Waals surface area contributed by atoms with E-state index in [1.165, 1.54) is 18.7 Å². The number of carbonyl (C=O) groups is 3. The molecule has 0 aromatic heterocycles. The first-order chi connectivity index (χ1) is 10.8. The Morgan fingerprint density at radius 2 is 1.78 bits per heavy atom. The molecule has 2 N–H and O–H groups in total. The van der Waals surface area contributed by atoms with E-state index < -0.39 is 29.6 Å². The smallest absolute Gasteiger partial charge is 0.410 e. The van der Waals surface area contributed by atoms with Gasteiger partial charge >= 0.3 is 18.0 Å². The fourth-order valence-corrected chi connectivity index (χ4v) is 3.51. The molecule has 1 fully saturated rings. The number of thioether (sulfide) groups is 1. The minimum absolute atomic E-state index is 0.0276. The van der Waals surface area contributed by atoms with Crippen molar-refractivity contribution in [3.8, 4) is 0 Å². The van der Waals surface area contributed by atoms with E-state index >= 15 is 0 Å². The molecule has 1 saturated carbocycles. The predicted molar refractivity (Wildman–Crippen MR) is 86.1 cm³/mol. The van der Waals surface area contributed by atoms with Crippen molar-refractivity contribution in [2.75, 3.05) is 6.54 Å². The van der Waals surface area contributed by atoms with Crippen LogP contribution in [0.4, 0.5) is 4.79 Å². The zero-order valence-electron chi connectivity index (χ0n) is 13.7. The van der Waals surface area contributed by atoms with E-state index in [9.17, 15) is 19.5 Å². The third-order valence-corrected chi connectivity index (χ3v) is 4.95. The second-order valence-electron chi connectivity index (χ2n) is 5.81. The topological polar surface area (TPSA) is 102 Å². The maximum Gasteiger partial charge on any atom is 0.410 e. The molecule has 2 atom stereocenters. The number of esters is 1. The lowest BCUT2D eigenvalue weighted by Crippen LogP contribution is -2.38. The van der Waals surface area contributed by atoms with Crippen LogP contribution in [0.3, 0.4) is 0 Å². The molecule has 1 rings (SSSR count). The molecule has 0 bridgehead atoms. The van der Waals surface area contributed by atoms with Gasteiger partial charge in [0.25, 0.3) is 0 Å². The number of hydrogen-bond acceptors (Lipinski definition) is 6. The van der Waals surface area contributed by atoms with E-state index in [2.05, 4.69) is 5.32 Å². The summed E-state index contributed by atoms with van der Waals surface area (Å²) in [4.78, 5) is 34.3. The van der Waals surface area contributed by atoms with Gasteiger partial charge in [0.2, 0.25) is 6.29 Å². The quantitative estimate of drug-likeness (QED) is 0.513. The molecule has 1 amide bonds. The van der Waals surface area contributed by atoms with Gasteiger partial charge in [0.05, 0.1) is 5.92 Å². The number of ether oxygens (including phenoxy) is 2. The molecule has 0 aromatic carbocycles. The Labute approximate surface area is 140 Å². The van der Waals surface area contributed by atoms with E-state index in [0.717, 1.165) is 25.7 Å². The summed E-state index contributed by atoms with van der Waals surface area (Å²) in [6.07, 6.45) is 2.46. The van der Waals surface area contributed by atoms with Gasteiger partial charge in [0.15, 0.2) is 0 Å². The second kappa shape index (κ2) is 9.64. The Balaban J connectivity index is 2.33. The van der Waals surface area contributed by atoms with E-state index in [4.69, 9.17) is 9.47 Å². The summed E-state index contributed by atoms with van der Waals surface area (Å²) in [6.45, 7) is 4.75. The van der Waals surface area contributed by atoms with Crippen LogP contribution in [0.25, 0.3) is 0 Å². The normalized spacial score (nSPS) is 17.6. The van der Waals surface area contributed by atoms with Crippen LogP contribution in [0, 0.1) is 5.92 Å². The van der Waals surface area contributed by atoms with Crippen LogP contribution in [-0.2, 0) is 19.1 Å². The van der Waals surface area contributed by atoms with Crippen molar-refractivity contribution in [3.63, 3.8) is 0 Å². The number of aliphatic carboxylic acids is 1. The van der Waals surface area contributed by atoms with Crippen LogP contribution in [0.5, 0.6) is 0 Å². The minimum Gasteiger partial charge on any atom is -0.480 e. The van der Waals surface area contributed by atoms with Gasteiger partial charge in [-0.25, -0.2) is 4.79 Å². The fraction of sp³-hybridized carbons (Fsp3) is 0.800. The Morgan fingerprint density at radius 1 is 1.17 bits per heavy atom. The number of carboxylic acids is 1. The van der Waals surface area contributed by atoms with Gasteiger partial charge in [-0.05, 0) is 12.8 Å². The van der Waals surface area contributed by atoms with E-state index in [0.29, 0.717) is 5.25 Å². The van der Waals surface area contributed by atoms with Crippen molar-refractivity contribution < 1.29 is 29.0 Å². The first kappa shape index (κ1) is 19.6. The maximum atomic E-state index is 11.6. The van der Waals surface area contributed by atoms with Crippen LogP contribution >= 0.6 is 11.8 Å². The highest BCUT2D eigenvalue weighted by Gasteiger charge is 2.26.